The van der Waals surface area contributed by atoms with E-state index < -0.39 is 0 Å². The summed E-state index contributed by atoms with van der Waals surface area (Å²) < 4.78 is 0. The Labute approximate surface area is 104 Å². The molecule has 2 heteroatoms. The number of allylic oxidation sites excluding steroid dienone is 1. The van der Waals surface area contributed by atoms with Gasteiger partial charge in [-0.1, -0.05) is 19.9 Å². The second-order valence-electron chi connectivity index (χ2n) is 4.40. The van der Waals surface area contributed by atoms with E-state index in [0.29, 0.717) is 0 Å². The van der Waals surface area contributed by atoms with Gasteiger partial charge in [0.15, 0.2) is 0 Å². The zero-order valence-corrected chi connectivity index (χ0v) is 11.7. The lowest BCUT2D eigenvalue weighted by Gasteiger charge is -2.31. The first-order valence-corrected chi connectivity index (χ1v) is 6.24. The van der Waals surface area contributed by atoms with E-state index in [-0.39, 0.29) is 5.54 Å². The zero-order chi connectivity index (χ0) is 12.3. The number of thiol groups is 1. The van der Waals surface area contributed by atoms with Crippen molar-refractivity contribution in [1.82, 2.24) is 0 Å². The Morgan fingerprint density at radius 2 is 1.81 bits per heavy atom. The summed E-state index contributed by atoms with van der Waals surface area (Å²) in [6, 6.07) is 6.21. The largest absolute Gasteiger partial charge is 0.376 e. The van der Waals surface area contributed by atoms with E-state index in [4.69, 9.17) is 0 Å². The molecule has 0 bridgehead atoms. The molecule has 1 N–H and O–H groups in total. The van der Waals surface area contributed by atoms with Gasteiger partial charge in [-0.05, 0) is 44.5 Å². The molecular weight excluding hydrogens is 214 g/mol. The summed E-state index contributed by atoms with van der Waals surface area (Å²) in [5.41, 5.74) is 3.83. The summed E-state index contributed by atoms with van der Waals surface area (Å²) in [7, 11) is 0. The predicted molar refractivity (Wildman–Crippen MR) is 76.4 cm³/mol. The summed E-state index contributed by atoms with van der Waals surface area (Å²) in [6.45, 7) is 10.5. The van der Waals surface area contributed by atoms with Crippen LogP contribution in [0, 0.1) is 0 Å². The van der Waals surface area contributed by atoms with Gasteiger partial charge >= 0.3 is 0 Å². The fraction of sp³-hybridized carbons (Fsp3) is 0.429. The number of anilines is 1. The summed E-state index contributed by atoms with van der Waals surface area (Å²) in [6.07, 6.45) is 2.25. The Balaban J connectivity index is 0.000000606. The van der Waals surface area contributed by atoms with Crippen molar-refractivity contribution >= 4 is 23.9 Å². The second-order valence-corrected chi connectivity index (χ2v) is 4.92. The summed E-state index contributed by atoms with van der Waals surface area (Å²) in [5, 5.41) is 3.48. The van der Waals surface area contributed by atoms with E-state index in [1.54, 1.807) is 0 Å². The molecule has 0 amide bonds. The van der Waals surface area contributed by atoms with Crippen LogP contribution in [0.15, 0.2) is 29.2 Å². The third-order valence-corrected chi connectivity index (χ3v) is 2.74. The standard InChI is InChI=1S/C12H15NS.C2H6/c1-8-7-12(2,3)13-11-5-4-9(14)6-10(8)11;1-2/h4-7,13-14H,1-3H3;1-2H3. The monoisotopic (exact) mass is 235 g/mol. The third-order valence-electron chi connectivity index (χ3n) is 2.46. The van der Waals surface area contributed by atoms with E-state index in [1.807, 2.05) is 19.9 Å². The average molecular weight is 235 g/mol. The number of benzene rings is 1. The van der Waals surface area contributed by atoms with Gasteiger partial charge < -0.3 is 5.32 Å². The van der Waals surface area contributed by atoms with E-state index in [2.05, 4.69) is 56.9 Å². The lowest BCUT2D eigenvalue weighted by molar-refractivity contribution is 0.707. The molecule has 1 heterocycles. The van der Waals surface area contributed by atoms with Crippen LogP contribution < -0.4 is 5.32 Å². The summed E-state index contributed by atoms with van der Waals surface area (Å²) in [5.74, 6) is 0. The first kappa shape index (κ1) is 13.2. The smallest absolute Gasteiger partial charge is 0.0505 e. The lowest BCUT2D eigenvalue weighted by atomic mass is 9.91. The number of rotatable bonds is 0. The molecule has 0 spiro atoms. The molecule has 1 aromatic carbocycles. The first-order chi connectivity index (χ1) is 7.48. The van der Waals surface area contributed by atoms with Crippen molar-refractivity contribution in [3.8, 4) is 0 Å². The second kappa shape index (κ2) is 4.96. The molecule has 1 nitrogen and oxygen atoms in total. The van der Waals surface area contributed by atoms with Crippen molar-refractivity contribution in [2.45, 2.75) is 45.1 Å². The molecule has 0 saturated heterocycles. The van der Waals surface area contributed by atoms with Crippen molar-refractivity contribution in [3.05, 3.63) is 29.8 Å². The van der Waals surface area contributed by atoms with E-state index >= 15 is 0 Å². The van der Waals surface area contributed by atoms with Crippen molar-refractivity contribution in [2.75, 3.05) is 5.32 Å². The van der Waals surface area contributed by atoms with Crippen molar-refractivity contribution < 1.29 is 0 Å². The lowest BCUT2D eigenvalue weighted by Crippen LogP contribution is -2.31. The maximum atomic E-state index is 4.35. The minimum atomic E-state index is 0.0508. The van der Waals surface area contributed by atoms with Gasteiger partial charge in [0.2, 0.25) is 0 Å². The Hall–Kier alpha value is -0.890. The Morgan fingerprint density at radius 1 is 1.19 bits per heavy atom. The van der Waals surface area contributed by atoms with Crippen LogP contribution in [0.3, 0.4) is 0 Å². The zero-order valence-electron chi connectivity index (χ0n) is 10.8. The summed E-state index contributed by atoms with van der Waals surface area (Å²) in [4.78, 5) is 1.01. The average Bonchev–Trinajstić information content (AvgIpc) is 2.21. The van der Waals surface area contributed by atoms with Crippen molar-refractivity contribution in [1.29, 1.82) is 0 Å². The van der Waals surface area contributed by atoms with Crippen LogP contribution in [-0.4, -0.2) is 5.54 Å². The number of fused-ring (bicyclic) bond motifs is 1. The van der Waals surface area contributed by atoms with Crippen LogP contribution in [0.4, 0.5) is 5.69 Å². The van der Waals surface area contributed by atoms with Gasteiger partial charge in [-0.25, -0.2) is 0 Å². The molecular formula is C14H21NS. The van der Waals surface area contributed by atoms with Crippen LogP contribution in [-0.2, 0) is 0 Å². The van der Waals surface area contributed by atoms with Gasteiger partial charge in [-0.15, -0.1) is 12.6 Å². The Kier molecular flexibility index (Phi) is 4.09. The van der Waals surface area contributed by atoms with E-state index in [0.717, 1.165) is 4.90 Å². The maximum absolute atomic E-state index is 4.35. The van der Waals surface area contributed by atoms with Gasteiger partial charge in [-0.2, -0.15) is 0 Å². The highest BCUT2D eigenvalue weighted by Gasteiger charge is 2.21. The van der Waals surface area contributed by atoms with Crippen LogP contribution in [0.5, 0.6) is 0 Å². The molecule has 1 aliphatic rings. The highest BCUT2D eigenvalue weighted by atomic mass is 32.1. The molecule has 1 aromatic rings. The highest BCUT2D eigenvalue weighted by Crippen LogP contribution is 2.34. The fourth-order valence-electron chi connectivity index (χ4n) is 1.97. The van der Waals surface area contributed by atoms with Crippen LogP contribution in [0.1, 0.15) is 40.2 Å². The SMILES string of the molecule is CC.CC1=CC(C)(C)Nc2ccc(S)cc21. The highest BCUT2D eigenvalue weighted by molar-refractivity contribution is 7.80. The van der Waals surface area contributed by atoms with E-state index in [9.17, 15) is 0 Å². The molecule has 88 valence electrons. The van der Waals surface area contributed by atoms with Crippen LogP contribution >= 0.6 is 12.6 Å². The van der Waals surface area contributed by atoms with E-state index in [1.165, 1.54) is 16.8 Å². The first-order valence-electron chi connectivity index (χ1n) is 5.79. The minimum absolute atomic E-state index is 0.0508. The molecule has 0 radical (unpaired) electrons. The van der Waals surface area contributed by atoms with Gasteiger partial charge in [0.05, 0.1) is 5.54 Å². The molecule has 0 unspecified atom stereocenters. The normalized spacial score (nSPS) is 16.2. The number of nitrogens with one attached hydrogen (secondary N) is 1. The van der Waals surface area contributed by atoms with Gasteiger partial charge in [0.1, 0.15) is 0 Å². The molecule has 0 fully saturated rings. The quantitative estimate of drug-likeness (QED) is 0.626. The maximum Gasteiger partial charge on any atom is 0.0505 e. The molecule has 0 aliphatic carbocycles. The minimum Gasteiger partial charge on any atom is -0.376 e. The molecule has 2 rings (SSSR count). The molecule has 0 aromatic heterocycles. The van der Waals surface area contributed by atoms with Crippen molar-refractivity contribution in [2.24, 2.45) is 0 Å². The third kappa shape index (κ3) is 2.82. The van der Waals surface area contributed by atoms with Gasteiger partial charge in [-0.3, -0.25) is 0 Å². The molecule has 0 saturated carbocycles. The van der Waals surface area contributed by atoms with Gasteiger partial charge in [0, 0.05) is 16.1 Å². The Bertz CT molecular complexity index is 405. The predicted octanol–water partition coefficient (Wildman–Crippen LogP) is 4.61. The topological polar surface area (TPSA) is 12.0 Å². The fourth-order valence-corrected chi connectivity index (χ4v) is 2.17. The molecule has 0 atom stereocenters. The van der Waals surface area contributed by atoms with Gasteiger partial charge in [0.25, 0.3) is 0 Å². The van der Waals surface area contributed by atoms with Crippen LogP contribution in [0.2, 0.25) is 0 Å². The Morgan fingerprint density at radius 3 is 2.44 bits per heavy atom. The number of hydrogen-bond donors (Lipinski definition) is 2. The number of hydrogen-bond acceptors (Lipinski definition) is 2. The molecule has 1 aliphatic heterocycles. The molecule has 16 heavy (non-hydrogen) atoms. The van der Waals surface area contributed by atoms with Crippen LogP contribution in [0.25, 0.3) is 5.57 Å². The summed E-state index contributed by atoms with van der Waals surface area (Å²) >= 11 is 4.35. The van der Waals surface area contributed by atoms with Crippen molar-refractivity contribution in [3.63, 3.8) is 0 Å².